The predicted molar refractivity (Wildman–Crippen MR) is 137 cm³/mol. The third-order valence-electron chi connectivity index (χ3n) is 5.47. The first-order valence-corrected chi connectivity index (χ1v) is 12.4. The van der Waals surface area contributed by atoms with Crippen molar-refractivity contribution in [2.24, 2.45) is 0 Å². The number of hydrogen-bond acceptors (Lipinski definition) is 9. The second-order valence-corrected chi connectivity index (χ2v) is 9.73. The summed E-state index contributed by atoms with van der Waals surface area (Å²) in [4.78, 5) is 38.4. The van der Waals surface area contributed by atoms with Crippen molar-refractivity contribution in [1.82, 2.24) is 0 Å². The highest BCUT2D eigenvalue weighted by molar-refractivity contribution is 7.16. The van der Waals surface area contributed by atoms with Gasteiger partial charge >= 0.3 is 11.9 Å². The molecule has 11 heteroatoms. The van der Waals surface area contributed by atoms with E-state index in [1.54, 1.807) is 24.3 Å². The molecule has 194 valence electrons. The van der Waals surface area contributed by atoms with Crippen LogP contribution in [-0.4, -0.2) is 44.5 Å². The van der Waals surface area contributed by atoms with E-state index < -0.39 is 30.6 Å². The number of rotatable bonds is 9. The molecule has 1 unspecified atom stereocenters. The molecule has 1 aliphatic rings. The number of esters is 2. The molecule has 4 rings (SSSR count). The summed E-state index contributed by atoms with van der Waals surface area (Å²) in [6, 6.07) is 12.0. The fraction of sp³-hybridized carbons (Fsp3) is 0.269. The zero-order valence-electron chi connectivity index (χ0n) is 20.3. The molecule has 0 saturated carbocycles. The van der Waals surface area contributed by atoms with Gasteiger partial charge in [0.05, 0.1) is 12.7 Å². The Hall–Kier alpha value is -3.76. The van der Waals surface area contributed by atoms with Crippen LogP contribution in [0.4, 0.5) is 5.00 Å². The number of anilines is 1. The van der Waals surface area contributed by atoms with Crippen molar-refractivity contribution >= 4 is 45.8 Å². The number of benzene rings is 2. The number of carbonyl (C=O) groups excluding carboxylic acids is 3. The number of halogens is 1. The van der Waals surface area contributed by atoms with Gasteiger partial charge in [-0.25, -0.2) is 9.59 Å². The smallest absolute Gasteiger partial charge is 0.347 e. The molecule has 0 aliphatic carbocycles. The number of thiophene rings is 1. The SMILES string of the molecule is COC(=O)c1c(NC(=O)COC(=O)C(C)Oc2ccc(Cl)cc2)sc(C)c1Cc1ccc2c(c1)OCO2. The van der Waals surface area contributed by atoms with Crippen molar-refractivity contribution in [2.45, 2.75) is 26.4 Å². The monoisotopic (exact) mass is 545 g/mol. The van der Waals surface area contributed by atoms with Crippen LogP contribution in [0.1, 0.15) is 33.3 Å². The lowest BCUT2D eigenvalue weighted by atomic mass is 10.0. The number of nitrogens with one attached hydrogen (secondary N) is 1. The van der Waals surface area contributed by atoms with Crippen molar-refractivity contribution in [1.29, 1.82) is 0 Å². The third-order valence-corrected chi connectivity index (χ3v) is 6.79. The van der Waals surface area contributed by atoms with E-state index in [2.05, 4.69) is 5.32 Å². The molecule has 0 spiro atoms. The van der Waals surface area contributed by atoms with Gasteiger partial charge in [-0.3, -0.25) is 4.79 Å². The van der Waals surface area contributed by atoms with Crippen molar-refractivity contribution in [3.8, 4) is 17.2 Å². The number of amides is 1. The normalized spacial score (nSPS) is 12.5. The maximum absolute atomic E-state index is 12.7. The van der Waals surface area contributed by atoms with Gasteiger partial charge in [0.25, 0.3) is 5.91 Å². The minimum Gasteiger partial charge on any atom is -0.479 e. The lowest BCUT2D eigenvalue weighted by Gasteiger charge is -2.14. The van der Waals surface area contributed by atoms with Gasteiger partial charge in [0.15, 0.2) is 24.2 Å². The molecule has 0 bridgehead atoms. The topological polar surface area (TPSA) is 109 Å². The molecule has 1 aromatic heterocycles. The second kappa shape index (κ2) is 11.5. The van der Waals surface area contributed by atoms with Crippen molar-refractivity contribution < 1.29 is 38.1 Å². The van der Waals surface area contributed by atoms with Gasteiger partial charge in [-0.1, -0.05) is 17.7 Å². The maximum Gasteiger partial charge on any atom is 0.347 e. The minimum absolute atomic E-state index is 0.163. The van der Waals surface area contributed by atoms with E-state index in [4.69, 9.17) is 35.3 Å². The number of methoxy groups -OCH3 is 1. The average Bonchev–Trinajstić information content (AvgIpc) is 3.47. The van der Waals surface area contributed by atoms with Crippen molar-refractivity contribution in [3.63, 3.8) is 0 Å². The van der Waals surface area contributed by atoms with E-state index in [1.807, 2.05) is 25.1 Å². The van der Waals surface area contributed by atoms with Crippen molar-refractivity contribution in [3.05, 3.63) is 69.1 Å². The van der Waals surface area contributed by atoms with Crippen LogP contribution in [0.2, 0.25) is 5.02 Å². The van der Waals surface area contributed by atoms with Crippen molar-refractivity contribution in [2.75, 3.05) is 25.8 Å². The van der Waals surface area contributed by atoms with E-state index in [0.717, 1.165) is 10.4 Å². The summed E-state index contributed by atoms with van der Waals surface area (Å²) in [6.45, 7) is 2.97. The first-order valence-electron chi connectivity index (χ1n) is 11.2. The Balaban J connectivity index is 1.41. The molecule has 2 heterocycles. The molecule has 0 saturated heterocycles. The maximum atomic E-state index is 12.7. The van der Waals surface area contributed by atoms with Gasteiger partial charge in [-0.15, -0.1) is 11.3 Å². The average molecular weight is 546 g/mol. The zero-order valence-corrected chi connectivity index (χ0v) is 21.9. The lowest BCUT2D eigenvalue weighted by Crippen LogP contribution is -2.29. The molecule has 3 aromatic rings. The molecule has 9 nitrogen and oxygen atoms in total. The molecule has 1 amide bonds. The highest BCUT2D eigenvalue weighted by Crippen LogP contribution is 2.37. The van der Waals surface area contributed by atoms with Crippen LogP contribution >= 0.6 is 22.9 Å². The van der Waals surface area contributed by atoms with E-state index in [0.29, 0.717) is 39.3 Å². The molecule has 1 atom stereocenters. The third kappa shape index (κ3) is 6.33. The van der Waals surface area contributed by atoms with Crippen LogP contribution in [0.15, 0.2) is 42.5 Å². The first-order chi connectivity index (χ1) is 17.7. The molecule has 2 aromatic carbocycles. The Morgan fingerprint density at radius 3 is 2.57 bits per heavy atom. The molecule has 37 heavy (non-hydrogen) atoms. The molecule has 1 aliphatic heterocycles. The molecular formula is C26H24ClNO8S. The van der Waals surface area contributed by atoms with Gasteiger partial charge in [-0.2, -0.15) is 0 Å². The van der Waals surface area contributed by atoms with Gasteiger partial charge in [-0.05, 0) is 67.8 Å². The summed E-state index contributed by atoms with van der Waals surface area (Å²) in [5.74, 6) is -0.177. The summed E-state index contributed by atoms with van der Waals surface area (Å²) in [5, 5.41) is 3.51. The van der Waals surface area contributed by atoms with Gasteiger partial charge in [0.1, 0.15) is 10.8 Å². The Bertz CT molecular complexity index is 1320. The largest absolute Gasteiger partial charge is 0.479 e. The predicted octanol–water partition coefficient (Wildman–Crippen LogP) is 4.77. The number of carbonyl (C=O) groups is 3. The van der Waals surface area contributed by atoms with Gasteiger partial charge in [0, 0.05) is 9.90 Å². The van der Waals surface area contributed by atoms with Crippen LogP contribution in [0.5, 0.6) is 17.2 Å². The molecule has 0 fully saturated rings. The standard InChI is InChI=1S/C26H24ClNO8S/c1-14(36-18-7-5-17(27)6-8-18)25(30)33-12-22(29)28-24-23(26(31)32-3)19(15(2)37-24)10-16-4-9-20-21(11-16)35-13-34-20/h4-9,11,14H,10,12-13H2,1-3H3,(H,28,29). The Morgan fingerprint density at radius 2 is 1.84 bits per heavy atom. The Kier molecular flexibility index (Phi) is 8.20. The number of aryl methyl sites for hydroxylation is 1. The van der Waals surface area contributed by atoms with Crippen LogP contribution in [0, 0.1) is 6.92 Å². The minimum atomic E-state index is -0.947. The Morgan fingerprint density at radius 1 is 1.11 bits per heavy atom. The van der Waals surface area contributed by atoms with E-state index in [-0.39, 0.29) is 12.4 Å². The zero-order chi connectivity index (χ0) is 26.5. The second-order valence-electron chi connectivity index (χ2n) is 8.07. The summed E-state index contributed by atoms with van der Waals surface area (Å²) < 4.78 is 26.4. The molecular weight excluding hydrogens is 522 g/mol. The summed E-state index contributed by atoms with van der Waals surface area (Å²) in [6.07, 6.45) is -0.537. The van der Waals surface area contributed by atoms with E-state index >= 15 is 0 Å². The summed E-state index contributed by atoms with van der Waals surface area (Å²) in [7, 11) is 1.27. The van der Waals surface area contributed by atoms with Crippen LogP contribution in [0.25, 0.3) is 0 Å². The fourth-order valence-corrected chi connectivity index (χ4v) is 4.84. The van der Waals surface area contributed by atoms with Gasteiger partial charge in [0.2, 0.25) is 6.79 Å². The van der Waals surface area contributed by atoms with Crippen LogP contribution in [-0.2, 0) is 25.5 Å². The number of ether oxygens (including phenoxy) is 5. The quantitative estimate of drug-likeness (QED) is 0.383. The van der Waals surface area contributed by atoms with E-state index in [9.17, 15) is 14.4 Å². The highest BCUT2D eigenvalue weighted by atomic mass is 35.5. The number of hydrogen-bond donors (Lipinski definition) is 1. The van der Waals surface area contributed by atoms with Crippen LogP contribution in [0.3, 0.4) is 0 Å². The molecule has 0 radical (unpaired) electrons. The van der Waals surface area contributed by atoms with E-state index in [1.165, 1.54) is 25.4 Å². The number of fused-ring (bicyclic) bond motifs is 1. The molecule has 1 N–H and O–H groups in total. The first kappa shape index (κ1) is 26.3. The van der Waals surface area contributed by atoms with Gasteiger partial charge < -0.3 is 29.0 Å². The van der Waals surface area contributed by atoms with Crippen LogP contribution < -0.4 is 19.5 Å². The fourth-order valence-electron chi connectivity index (χ4n) is 3.63. The summed E-state index contributed by atoms with van der Waals surface area (Å²) >= 11 is 7.08. The highest BCUT2D eigenvalue weighted by Gasteiger charge is 2.26. The lowest BCUT2D eigenvalue weighted by molar-refractivity contribution is -0.153. The Labute approximate surface area is 222 Å². The summed E-state index contributed by atoms with van der Waals surface area (Å²) in [5.41, 5.74) is 1.87.